The van der Waals surface area contributed by atoms with Crippen molar-refractivity contribution in [1.82, 2.24) is 9.88 Å². The van der Waals surface area contributed by atoms with Crippen molar-refractivity contribution >= 4 is 5.69 Å². The number of piperazine rings is 1. The Kier molecular flexibility index (Phi) is 2.96. The minimum atomic E-state index is 0.673. The van der Waals surface area contributed by atoms with Crippen LogP contribution in [0, 0.1) is 6.92 Å². The Hall–Kier alpha value is -1.87. The largest absolute Gasteiger partial charge is 0.364 e. The monoisotopic (exact) mass is 279 g/mol. The number of hydrogen-bond acceptors (Lipinski definition) is 3. The smallest absolute Gasteiger partial charge is 0.0703 e. The van der Waals surface area contributed by atoms with Gasteiger partial charge in [0.05, 0.1) is 17.6 Å². The van der Waals surface area contributed by atoms with Crippen molar-refractivity contribution in [3.63, 3.8) is 0 Å². The first-order valence-corrected chi connectivity index (χ1v) is 7.71. The van der Waals surface area contributed by atoms with Gasteiger partial charge in [-0.3, -0.25) is 9.88 Å². The third kappa shape index (κ3) is 2.22. The maximum atomic E-state index is 4.67. The van der Waals surface area contributed by atoms with Crippen LogP contribution in [0.3, 0.4) is 0 Å². The molecule has 2 unspecified atom stereocenters. The van der Waals surface area contributed by atoms with Crippen LogP contribution in [-0.4, -0.2) is 42.1 Å². The number of hydrogen-bond donors (Lipinski definition) is 0. The molecule has 3 nitrogen and oxygen atoms in total. The zero-order chi connectivity index (χ0) is 14.4. The van der Waals surface area contributed by atoms with E-state index < -0.39 is 0 Å². The molecule has 0 spiro atoms. The molecule has 0 radical (unpaired) electrons. The first-order chi connectivity index (χ1) is 10.2. The molecular formula is C18H21N3. The molecule has 1 aromatic heterocycles. The Morgan fingerprint density at radius 1 is 1.00 bits per heavy atom. The number of rotatable bonds is 2. The highest BCUT2D eigenvalue weighted by Gasteiger charge is 2.41. The summed E-state index contributed by atoms with van der Waals surface area (Å²) >= 11 is 0. The van der Waals surface area contributed by atoms with E-state index in [1.807, 2.05) is 6.20 Å². The highest BCUT2D eigenvalue weighted by atomic mass is 15.3. The van der Waals surface area contributed by atoms with Gasteiger partial charge in [-0.05, 0) is 32.5 Å². The topological polar surface area (TPSA) is 19.4 Å². The average molecular weight is 279 g/mol. The molecule has 21 heavy (non-hydrogen) atoms. The molecular weight excluding hydrogens is 258 g/mol. The summed E-state index contributed by atoms with van der Waals surface area (Å²) in [4.78, 5) is 9.68. The van der Waals surface area contributed by atoms with Gasteiger partial charge >= 0.3 is 0 Å². The summed E-state index contributed by atoms with van der Waals surface area (Å²) in [5.41, 5.74) is 4.80. The molecule has 2 atom stereocenters. The summed E-state index contributed by atoms with van der Waals surface area (Å²) < 4.78 is 0. The predicted octanol–water partition coefficient (Wildman–Crippen LogP) is 2.95. The molecule has 0 N–H and O–H groups in total. The van der Waals surface area contributed by atoms with Crippen molar-refractivity contribution < 1.29 is 0 Å². The molecule has 0 aliphatic carbocycles. The number of benzene rings is 1. The van der Waals surface area contributed by atoms with E-state index in [0.29, 0.717) is 6.04 Å². The number of aryl methyl sites for hydroxylation is 1. The van der Waals surface area contributed by atoms with Crippen LogP contribution in [-0.2, 0) is 0 Å². The van der Waals surface area contributed by atoms with E-state index in [0.717, 1.165) is 18.3 Å². The maximum absolute atomic E-state index is 4.67. The molecule has 0 amide bonds. The lowest BCUT2D eigenvalue weighted by molar-refractivity contribution is 0.292. The summed E-state index contributed by atoms with van der Waals surface area (Å²) in [6, 6.07) is 14.3. The Labute approximate surface area is 126 Å². The van der Waals surface area contributed by atoms with Crippen molar-refractivity contribution in [3.05, 3.63) is 48.2 Å². The lowest BCUT2D eigenvalue weighted by Gasteiger charge is -2.33. The third-order valence-corrected chi connectivity index (χ3v) is 4.94. The lowest BCUT2D eigenvalue weighted by atomic mass is 10.1. The van der Waals surface area contributed by atoms with Crippen molar-refractivity contribution in [2.75, 3.05) is 25.0 Å². The number of likely N-dealkylation sites (tertiary alicyclic amines) is 1. The maximum Gasteiger partial charge on any atom is 0.0703 e. The van der Waals surface area contributed by atoms with E-state index in [1.54, 1.807) is 0 Å². The van der Waals surface area contributed by atoms with Crippen LogP contribution in [0.2, 0.25) is 0 Å². The summed E-state index contributed by atoms with van der Waals surface area (Å²) in [6.45, 7) is 4.44. The van der Waals surface area contributed by atoms with Crippen LogP contribution >= 0.6 is 0 Å². The van der Waals surface area contributed by atoms with Crippen LogP contribution in [0.15, 0.2) is 42.6 Å². The van der Waals surface area contributed by atoms with Crippen LogP contribution in [0.1, 0.15) is 12.0 Å². The first-order valence-electron chi connectivity index (χ1n) is 7.71. The number of nitrogens with zero attached hydrogens (tertiary/aromatic N) is 3. The van der Waals surface area contributed by atoms with E-state index in [1.165, 1.54) is 29.8 Å². The van der Waals surface area contributed by atoms with Crippen molar-refractivity contribution in [2.24, 2.45) is 0 Å². The van der Waals surface area contributed by atoms with Gasteiger partial charge < -0.3 is 4.90 Å². The van der Waals surface area contributed by atoms with Gasteiger partial charge in [-0.25, -0.2) is 0 Å². The minimum Gasteiger partial charge on any atom is -0.364 e. The SMILES string of the molecule is Cc1ccc(-c2ccc(N3CC4CC3CN4C)cn2)cc1. The number of anilines is 1. The van der Waals surface area contributed by atoms with Crippen molar-refractivity contribution in [1.29, 1.82) is 0 Å². The molecule has 1 aromatic carbocycles. The third-order valence-electron chi connectivity index (χ3n) is 4.94. The van der Waals surface area contributed by atoms with E-state index in [4.69, 9.17) is 0 Å². The number of pyridine rings is 1. The second-order valence-corrected chi connectivity index (χ2v) is 6.40. The van der Waals surface area contributed by atoms with Gasteiger partial charge in [-0.2, -0.15) is 0 Å². The molecule has 0 saturated carbocycles. The zero-order valence-corrected chi connectivity index (χ0v) is 12.7. The van der Waals surface area contributed by atoms with E-state index >= 15 is 0 Å². The Morgan fingerprint density at radius 3 is 2.38 bits per heavy atom. The highest BCUT2D eigenvalue weighted by Crippen LogP contribution is 2.33. The molecule has 2 aliphatic heterocycles. The van der Waals surface area contributed by atoms with Crippen LogP contribution in [0.4, 0.5) is 5.69 Å². The molecule has 2 aliphatic rings. The van der Waals surface area contributed by atoms with E-state index in [9.17, 15) is 0 Å². The van der Waals surface area contributed by atoms with E-state index in [2.05, 4.69) is 65.2 Å². The zero-order valence-electron chi connectivity index (χ0n) is 12.7. The van der Waals surface area contributed by atoms with Gasteiger partial charge in [-0.15, -0.1) is 0 Å². The second kappa shape index (κ2) is 4.85. The highest BCUT2D eigenvalue weighted by molar-refractivity contribution is 5.62. The predicted molar refractivity (Wildman–Crippen MR) is 86.6 cm³/mol. The number of aromatic nitrogens is 1. The average Bonchev–Trinajstić information content (AvgIpc) is 3.07. The lowest BCUT2D eigenvalue weighted by Crippen LogP contribution is -2.44. The minimum absolute atomic E-state index is 0.673. The first kappa shape index (κ1) is 12.8. The molecule has 108 valence electrons. The van der Waals surface area contributed by atoms with Gasteiger partial charge in [0.2, 0.25) is 0 Å². The molecule has 2 fully saturated rings. The quantitative estimate of drug-likeness (QED) is 0.842. The van der Waals surface area contributed by atoms with Gasteiger partial charge in [0.1, 0.15) is 0 Å². The molecule has 2 bridgehead atoms. The fraction of sp³-hybridized carbons (Fsp3) is 0.389. The second-order valence-electron chi connectivity index (χ2n) is 6.40. The number of fused-ring (bicyclic) bond motifs is 2. The van der Waals surface area contributed by atoms with Crippen LogP contribution in [0.5, 0.6) is 0 Å². The van der Waals surface area contributed by atoms with Crippen LogP contribution in [0.25, 0.3) is 11.3 Å². The van der Waals surface area contributed by atoms with Crippen molar-refractivity contribution in [3.8, 4) is 11.3 Å². The Bertz CT molecular complexity index is 631. The molecule has 2 saturated heterocycles. The molecule has 4 rings (SSSR count). The Morgan fingerprint density at radius 2 is 1.81 bits per heavy atom. The molecule has 3 heterocycles. The Balaban J connectivity index is 1.56. The summed E-state index contributed by atoms with van der Waals surface area (Å²) in [7, 11) is 2.24. The van der Waals surface area contributed by atoms with Crippen molar-refractivity contribution in [2.45, 2.75) is 25.4 Å². The van der Waals surface area contributed by atoms with Gasteiger partial charge in [0, 0.05) is 30.7 Å². The molecule has 3 heteroatoms. The van der Waals surface area contributed by atoms with Gasteiger partial charge in [-0.1, -0.05) is 29.8 Å². The standard InChI is InChI=1S/C18H21N3/c1-13-3-5-14(6-4-13)18-8-7-15(10-19-18)21-12-16-9-17(21)11-20(16)2/h3-8,10,16-17H,9,11-12H2,1-2H3. The van der Waals surface area contributed by atoms with E-state index in [-0.39, 0.29) is 0 Å². The number of likely N-dealkylation sites (N-methyl/N-ethyl adjacent to an activating group) is 1. The normalized spacial score (nSPS) is 24.8. The summed E-state index contributed by atoms with van der Waals surface area (Å²) in [6.07, 6.45) is 3.34. The fourth-order valence-corrected chi connectivity index (χ4v) is 3.63. The van der Waals surface area contributed by atoms with Gasteiger partial charge in [0.15, 0.2) is 0 Å². The summed E-state index contributed by atoms with van der Waals surface area (Å²) in [5, 5.41) is 0. The van der Waals surface area contributed by atoms with Crippen LogP contribution < -0.4 is 4.90 Å². The fourth-order valence-electron chi connectivity index (χ4n) is 3.63. The van der Waals surface area contributed by atoms with Gasteiger partial charge in [0.25, 0.3) is 0 Å². The summed E-state index contributed by atoms with van der Waals surface area (Å²) in [5.74, 6) is 0. The molecule has 2 aromatic rings.